The number of hydrogen-bond acceptors (Lipinski definition) is 4. The lowest BCUT2D eigenvalue weighted by Crippen LogP contribution is -2.39. The van der Waals surface area contributed by atoms with E-state index < -0.39 is 0 Å². The van der Waals surface area contributed by atoms with Gasteiger partial charge >= 0.3 is 0 Å². The van der Waals surface area contributed by atoms with Crippen molar-refractivity contribution in [2.75, 3.05) is 5.75 Å². The molecule has 1 aromatic rings. The number of thioether (sulfide) groups is 1. The summed E-state index contributed by atoms with van der Waals surface area (Å²) in [7, 11) is 0. The highest BCUT2D eigenvalue weighted by Gasteiger charge is 2.25. The molecule has 110 valence electrons. The van der Waals surface area contributed by atoms with Crippen molar-refractivity contribution in [3.8, 4) is 0 Å². The first-order chi connectivity index (χ1) is 10.1. The molecule has 1 atom stereocenters. The van der Waals surface area contributed by atoms with Gasteiger partial charge in [-0.25, -0.2) is 5.43 Å². The molecule has 0 radical (unpaired) electrons. The van der Waals surface area contributed by atoms with E-state index in [9.17, 15) is 9.59 Å². The van der Waals surface area contributed by atoms with Gasteiger partial charge in [-0.2, -0.15) is 5.10 Å². The van der Waals surface area contributed by atoms with E-state index in [-0.39, 0.29) is 17.9 Å². The van der Waals surface area contributed by atoms with Crippen LogP contribution in [0.4, 0.5) is 0 Å². The predicted octanol–water partition coefficient (Wildman–Crippen LogP) is 2.26. The van der Waals surface area contributed by atoms with E-state index in [4.69, 9.17) is 11.6 Å². The number of nitrogens with zero attached hydrogens (tertiary/aromatic N) is 1. The van der Waals surface area contributed by atoms with Crippen LogP contribution in [0.2, 0.25) is 5.02 Å². The van der Waals surface area contributed by atoms with Gasteiger partial charge in [0.1, 0.15) is 5.71 Å². The van der Waals surface area contributed by atoms with Crippen molar-refractivity contribution in [3.05, 3.63) is 28.8 Å². The van der Waals surface area contributed by atoms with Crippen LogP contribution in [0.15, 0.2) is 28.2 Å². The minimum Gasteiger partial charge on any atom is -0.344 e. The molecule has 2 N–H and O–H groups in total. The van der Waals surface area contributed by atoms with Crippen molar-refractivity contribution in [3.63, 3.8) is 0 Å². The van der Waals surface area contributed by atoms with Gasteiger partial charge in [0.25, 0.3) is 5.91 Å². The summed E-state index contributed by atoms with van der Waals surface area (Å²) in [6.07, 6.45) is 1.53. The van der Waals surface area contributed by atoms with Gasteiger partial charge in [0.05, 0.1) is 6.04 Å². The molecule has 2 amide bonds. The van der Waals surface area contributed by atoms with Crippen LogP contribution in [0.25, 0.3) is 0 Å². The zero-order chi connectivity index (χ0) is 14.8. The summed E-state index contributed by atoms with van der Waals surface area (Å²) in [5, 5.41) is 7.48. The van der Waals surface area contributed by atoms with E-state index in [1.54, 1.807) is 11.8 Å². The Kier molecular flexibility index (Phi) is 4.17. The maximum Gasteiger partial charge on any atom is 0.267 e. The lowest BCUT2D eigenvalue weighted by atomic mass is 10.0. The Morgan fingerprint density at radius 2 is 2.29 bits per heavy atom. The molecule has 0 aromatic heterocycles. The number of nitrogens with one attached hydrogen (secondary N) is 2. The number of benzene rings is 1. The number of fused-ring (bicyclic) bond motifs is 1. The average molecular weight is 324 g/mol. The lowest BCUT2D eigenvalue weighted by Gasteiger charge is -2.26. The van der Waals surface area contributed by atoms with E-state index in [0.29, 0.717) is 23.6 Å². The van der Waals surface area contributed by atoms with Crippen LogP contribution in [-0.4, -0.2) is 23.3 Å². The van der Waals surface area contributed by atoms with Crippen LogP contribution >= 0.6 is 23.4 Å². The van der Waals surface area contributed by atoms with E-state index in [1.807, 2.05) is 18.2 Å². The zero-order valence-electron chi connectivity index (χ0n) is 11.2. The Balaban J connectivity index is 1.76. The number of halogens is 1. The number of carbonyl (C=O) groups is 2. The smallest absolute Gasteiger partial charge is 0.267 e. The Morgan fingerprint density at radius 3 is 3.05 bits per heavy atom. The molecule has 0 saturated heterocycles. The highest BCUT2D eigenvalue weighted by molar-refractivity contribution is 7.99. The van der Waals surface area contributed by atoms with Crippen molar-refractivity contribution < 1.29 is 9.59 Å². The number of hydrazone groups is 1. The third-order valence-electron chi connectivity index (χ3n) is 3.48. The van der Waals surface area contributed by atoms with Gasteiger partial charge in [0, 0.05) is 28.5 Å². The lowest BCUT2D eigenvalue weighted by molar-refractivity contribution is -0.121. The number of hydrogen-bond donors (Lipinski definition) is 2. The highest BCUT2D eigenvalue weighted by Crippen LogP contribution is 2.37. The molecule has 2 aliphatic heterocycles. The Bertz CT molecular complexity index is 633. The second-order valence-corrected chi connectivity index (χ2v) is 6.51. The first-order valence-electron chi connectivity index (χ1n) is 6.72. The standard InChI is InChI=1S/C14H14ClN3O2S/c15-8-1-3-12-9(7-8)10(5-6-21-12)16-14(20)11-2-4-13(19)18-17-11/h1,3,7,10H,2,4-6H2,(H,16,20)(H,18,19). The molecule has 1 unspecified atom stereocenters. The van der Waals surface area contributed by atoms with Gasteiger partial charge < -0.3 is 5.32 Å². The number of rotatable bonds is 2. The fourth-order valence-electron chi connectivity index (χ4n) is 2.39. The van der Waals surface area contributed by atoms with Gasteiger partial charge in [-0.05, 0) is 30.2 Å². The van der Waals surface area contributed by atoms with Crippen molar-refractivity contribution >= 4 is 40.9 Å². The van der Waals surface area contributed by atoms with Crippen LogP contribution in [0.5, 0.6) is 0 Å². The molecule has 5 nitrogen and oxygen atoms in total. The van der Waals surface area contributed by atoms with E-state index in [0.717, 1.165) is 22.6 Å². The molecule has 0 fully saturated rings. The first kappa shape index (κ1) is 14.4. The average Bonchev–Trinajstić information content (AvgIpc) is 2.48. The molecular weight excluding hydrogens is 310 g/mol. The summed E-state index contributed by atoms with van der Waals surface area (Å²) >= 11 is 7.82. The van der Waals surface area contributed by atoms with Crippen LogP contribution in [0.3, 0.4) is 0 Å². The first-order valence-corrected chi connectivity index (χ1v) is 8.08. The molecule has 0 aliphatic carbocycles. The molecule has 3 rings (SSSR count). The van der Waals surface area contributed by atoms with Gasteiger partial charge in [-0.3, -0.25) is 9.59 Å². The van der Waals surface area contributed by atoms with Crippen LogP contribution < -0.4 is 10.7 Å². The SMILES string of the molecule is O=C1CCC(C(=O)NC2CCSc3ccc(Cl)cc32)=NN1. The van der Waals surface area contributed by atoms with Crippen molar-refractivity contribution in [1.29, 1.82) is 0 Å². The second-order valence-electron chi connectivity index (χ2n) is 4.94. The summed E-state index contributed by atoms with van der Waals surface area (Å²) in [5.41, 5.74) is 3.76. The Labute approximate surface area is 131 Å². The fourth-order valence-corrected chi connectivity index (χ4v) is 3.68. The van der Waals surface area contributed by atoms with Gasteiger partial charge in [-0.1, -0.05) is 11.6 Å². The second kappa shape index (κ2) is 6.07. The Hall–Kier alpha value is -1.53. The summed E-state index contributed by atoms with van der Waals surface area (Å²) in [6.45, 7) is 0. The summed E-state index contributed by atoms with van der Waals surface area (Å²) in [4.78, 5) is 24.4. The quantitative estimate of drug-likeness (QED) is 0.877. The van der Waals surface area contributed by atoms with E-state index >= 15 is 0 Å². The number of carbonyl (C=O) groups excluding carboxylic acids is 2. The topological polar surface area (TPSA) is 70.6 Å². The Morgan fingerprint density at radius 1 is 1.43 bits per heavy atom. The molecule has 2 aliphatic rings. The molecule has 7 heteroatoms. The van der Waals surface area contributed by atoms with E-state index in [2.05, 4.69) is 15.8 Å². The van der Waals surface area contributed by atoms with Gasteiger partial charge in [0.2, 0.25) is 5.91 Å². The zero-order valence-corrected chi connectivity index (χ0v) is 12.8. The minimum absolute atomic E-state index is 0.0622. The minimum atomic E-state index is -0.224. The van der Waals surface area contributed by atoms with E-state index in [1.165, 1.54) is 0 Å². The molecule has 2 heterocycles. The predicted molar refractivity (Wildman–Crippen MR) is 82.5 cm³/mol. The fraction of sp³-hybridized carbons (Fsp3) is 0.357. The van der Waals surface area contributed by atoms with Crippen LogP contribution in [0, 0.1) is 0 Å². The maximum atomic E-state index is 12.2. The summed E-state index contributed by atoms with van der Waals surface area (Å²) in [5.74, 6) is 0.568. The third-order valence-corrected chi connectivity index (χ3v) is 4.84. The van der Waals surface area contributed by atoms with Gasteiger partial charge in [-0.15, -0.1) is 11.8 Å². The maximum absolute atomic E-state index is 12.2. The number of amides is 2. The summed E-state index contributed by atoms with van der Waals surface area (Å²) in [6, 6.07) is 5.68. The van der Waals surface area contributed by atoms with Crippen LogP contribution in [-0.2, 0) is 9.59 Å². The van der Waals surface area contributed by atoms with Crippen molar-refractivity contribution in [2.24, 2.45) is 5.10 Å². The molecule has 0 spiro atoms. The largest absolute Gasteiger partial charge is 0.344 e. The molecule has 21 heavy (non-hydrogen) atoms. The monoisotopic (exact) mass is 323 g/mol. The van der Waals surface area contributed by atoms with Crippen molar-refractivity contribution in [2.45, 2.75) is 30.2 Å². The van der Waals surface area contributed by atoms with Crippen molar-refractivity contribution in [1.82, 2.24) is 10.7 Å². The summed E-state index contributed by atoms with van der Waals surface area (Å²) < 4.78 is 0. The van der Waals surface area contributed by atoms with Crippen LogP contribution in [0.1, 0.15) is 30.9 Å². The molecular formula is C14H14ClN3O2S. The molecule has 1 aromatic carbocycles. The third kappa shape index (κ3) is 3.22. The highest BCUT2D eigenvalue weighted by atomic mass is 35.5. The molecule has 0 bridgehead atoms. The molecule has 0 saturated carbocycles. The van der Waals surface area contributed by atoms with Gasteiger partial charge in [0.15, 0.2) is 0 Å². The normalized spacial score (nSPS) is 21.1.